The van der Waals surface area contributed by atoms with Crippen LogP contribution in [0.1, 0.15) is 22.8 Å². The molecule has 0 aliphatic heterocycles. The van der Waals surface area contributed by atoms with Gasteiger partial charge < -0.3 is 14.0 Å². The van der Waals surface area contributed by atoms with Gasteiger partial charge in [0.2, 0.25) is 7.37 Å². The first-order chi connectivity index (χ1) is 12.8. The van der Waals surface area contributed by atoms with Gasteiger partial charge in [0.1, 0.15) is 5.75 Å². The van der Waals surface area contributed by atoms with Crippen molar-refractivity contribution in [1.82, 2.24) is 0 Å². The Bertz CT molecular complexity index is 846. The van der Waals surface area contributed by atoms with Crippen LogP contribution in [0.2, 0.25) is 10.0 Å². The van der Waals surface area contributed by atoms with Gasteiger partial charge in [0.05, 0.1) is 36.4 Å². The Labute approximate surface area is 169 Å². The number of esters is 1. The van der Waals surface area contributed by atoms with Crippen molar-refractivity contribution in [2.45, 2.75) is 13.3 Å². The molecule has 0 aromatic heterocycles. The van der Waals surface area contributed by atoms with Gasteiger partial charge >= 0.3 is 5.97 Å². The maximum absolute atomic E-state index is 13.4. The molecule has 27 heavy (non-hydrogen) atoms. The van der Waals surface area contributed by atoms with Crippen LogP contribution in [0.5, 0.6) is 5.75 Å². The summed E-state index contributed by atoms with van der Waals surface area (Å²) in [5.41, 5.74) is 0.867. The number of hydrogen-bond donors (Lipinski definition) is 0. The summed E-state index contributed by atoms with van der Waals surface area (Å²) in [6.45, 7) is 2.11. The molecule has 0 saturated heterocycles. The first-order valence-electron chi connectivity index (χ1n) is 8.29. The van der Waals surface area contributed by atoms with Gasteiger partial charge in [-0.25, -0.2) is 4.79 Å². The molecule has 1 atom stereocenters. The van der Waals surface area contributed by atoms with Crippen molar-refractivity contribution in [3.8, 4) is 5.75 Å². The molecule has 8 heteroatoms. The summed E-state index contributed by atoms with van der Waals surface area (Å²) in [4.78, 5) is 11.7. The summed E-state index contributed by atoms with van der Waals surface area (Å²) in [5.74, 6) is 0.00821. The first-order valence-corrected chi connectivity index (χ1v) is 10.9. The van der Waals surface area contributed by atoms with Gasteiger partial charge in [-0.3, -0.25) is 4.57 Å². The number of ether oxygens (including phenoxy) is 2. The summed E-state index contributed by atoms with van der Waals surface area (Å²) in [6.07, 6.45) is 0.674. The minimum absolute atomic E-state index is 0.116. The zero-order valence-electron chi connectivity index (χ0n) is 15.3. The fourth-order valence-electron chi connectivity index (χ4n) is 2.64. The maximum atomic E-state index is 13.4. The number of rotatable bonds is 8. The van der Waals surface area contributed by atoms with Crippen molar-refractivity contribution in [3.63, 3.8) is 0 Å². The average molecular weight is 431 g/mol. The quantitative estimate of drug-likeness (QED) is 0.436. The van der Waals surface area contributed by atoms with Crippen LogP contribution in [0.4, 0.5) is 0 Å². The van der Waals surface area contributed by atoms with E-state index < -0.39 is 13.3 Å². The number of aryl methyl sites for hydroxylation is 1. The van der Waals surface area contributed by atoms with Crippen LogP contribution < -0.4 is 10.0 Å². The van der Waals surface area contributed by atoms with Gasteiger partial charge in [-0.05, 0) is 49.2 Å². The summed E-state index contributed by atoms with van der Waals surface area (Å²) in [7, 11) is -0.290. The fourth-order valence-corrected chi connectivity index (χ4v) is 5.47. The lowest BCUT2D eigenvalue weighted by Crippen LogP contribution is -2.12. The molecule has 2 rings (SSSR count). The Morgan fingerprint density at radius 1 is 1.11 bits per heavy atom. The molecule has 0 bridgehead atoms. The number of hydrogen-bond acceptors (Lipinski definition) is 5. The fraction of sp³-hybridized carbons (Fsp3) is 0.316. The summed E-state index contributed by atoms with van der Waals surface area (Å²) >= 11 is 12.3. The second-order valence-electron chi connectivity index (χ2n) is 5.69. The van der Waals surface area contributed by atoms with E-state index in [1.54, 1.807) is 50.4 Å². The lowest BCUT2D eigenvalue weighted by molar-refractivity contribution is 0.0601. The van der Waals surface area contributed by atoms with Crippen LogP contribution in [0, 0.1) is 0 Å². The third kappa shape index (κ3) is 5.26. The Morgan fingerprint density at radius 2 is 1.78 bits per heavy atom. The zero-order chi connectivity index (χ0) is 20.0. The number of carbonyl (C=O) groups is 1. The Kier molecular flexibility index (Phi) is 7.75. The average Bonchev–Trinajstić information content (AvgIpc) is 2.66. The van der Waals surface area contributed by atoms with Crippen LogP contribution in [-0.2, 0) is 20.2 Å². The zero-order valence-corrected chi connectivity index (χ0v) is 17.7. The highest BCUT2D eigenvalue weighted by molar-refractivity contribution is 7.67. The van der Waals surface area contributed by atoms with Gasteiger partial charge in [0, 0.05) is 11.5 Å². The number of methoxy groups -OCH3 is 2. The maximum Gasteiger partial charge on any atom is 0.340 e. The third-order valence-corrected chi connectivity index (χ3v) is 7.12. The van der Waals surface area contributed by atoms with E-state index in [-0.39, 0.29) is 21.8 Å². The third-order valence-electron chi connectivity index (χ3n) is 3.97. The van der Waals surface area contributed by atoms with Gasteiger partial charge in [0.15, 0.2) is 0 Å². The molecule has 0 fully saturated rings. The highest BCUT2D eigenvalue weighted by atomic mass is 35.5. The lowest BCUT2D eigenvalue weighted by atomic mass is 10.1. The van der Waals surface area contributed by atoms with E-state index >= 15 is 0 Å². The molecule has 0 spiro atoms. The highest BCUT2D eigenvalue weighted by Gasteiger charge is 2.26. The predicted octanol–water partition coefficient (Wildman–Crippen LogP) is 4.97. The van der Waals surface area contributed by atoms with E-state index in [2.05, 4.69) is 4.74 Å². The molecule has 2 aromatic carbocycles. The van der Waals surface area contributed by atoms with Crippen LogP contribution >= 0.6 is 30.6 Å². The van der Waals surface area contributed by atoms with Crippen molar-refractivity contribution in [2.24, 2.45) is 0 Å². The smallest absolute Gasteiger partial charge is 0.340 e. The Morgan fingerprint density at radius 3 is 2.33 bits per heavy atom. The van der Waals surface area contributed by atoms with Crippen molar-refractivity contribution in [2.75, 3.05) is 27.0 Å². The van der Waals surface area contributed by atoms with Gasteiger partial charge in [0.25, 0.3) is 0 Å². The van der Waals surface area contributed by atoms with E-state index in [0.717, 1.165) is 5.56 Å². The number of carbonyl (C=O) groups excluding carboxylic acids is 1. The molecule has 0 N–H and O–H groups in total. The standard InChI is InChI=1S/C19H21Cl2O5P/c1-4-26-27(23,15-7-5-6-14(12-15)24-2)9-8-13-10-16(20)18(17(21)11-13)19(22)25-3/h5-7,10-12H,4,8-9H2,1-3H3. The van der Waals surface area contributed by atoms with Crippen LogP contribution in [0.3, 0.4) is 0 Å². The van der Waals surface area contributed by atoms with Crippen LogP contribution in [0.15, 0.2) is 36.4 Å². The van der Waals surface area contributed by atoms with Crippen LogP contribution in [-0.4, -0.2) is 33.0 Å². The van der Waals surface area contributed by atoms with Crippen molar-refractivity contribution in [3.05, 3.63) is 57.6 Å². The van der Waals surface area contributed by atoms with E-state index in [0.29, 0.717) is 24.1 Å². The predicted molar refractivity (Wildman–Crippen MR) is 108 cm³/mol. The van der Waals surface area contributed by atoms with E-state index in [1.165, 1.54) is 7.11 Å². The van der Waals surface area contributed by atoms with Gasteiger partial charge in [-0.1, -0.05) is 29.3 Å². The van der Waals surface area contributed by atoms with E-state index in [4.69, 9.17) is 32.5 Å². The van der Waals surface area contributed by atoms with Crippen molar-refractivity contribution in [1.29, 1.82) is 0 Å². The molecule has 0 aliphatic carbocycles. The number of benzene rings is 2. The highest BCUT2D eigenvalue weighted by Crippen LogP contribution is 2.47. The second kappa shape index (κ2) is 9.61. The molecular formula is C19H21Cl2O5P. The van der Waals surface area contributed by atoms with Gasteiger partial charge in [-0.15, -0.1) is 0 Å². The van der Waals surface area contributed by atoms with E-state index in [9.17, 15) is 9.36 Å². The van der Waals surface area contributed by atoms with Gasteiger partial charge in [-0.2, -0.15) is 0 Å². The minimum atomic E-state index is -3.10. The first kappa shape index (κ1) is 21.8. The lowest BCUT2D eigenvalue weighted by Gasteiger charge is -2.19. The van der Waals surface area contributed by atoms with Crippen molar-refractivity contribution < 1.29 is 23.4 Å². The molecule has 0 saturated carbocycles. The monoisotopic (exact) mass is 430 g/mol. The van der Waals surface area contributed by atoms with Crippen LogP contribution in [0.25, 0.3) is 0 Å². The minimum Gasteiger partial charge on any atom is -0.497 e. The topological polar surface area (TPSA) is 61.8 Å². The summed E-state index contributed by atoms with van der Waals surface area (Å²) in [5, 5.41) is 0.973. The molecule has 0 radical (unpaired) electrons. The molecule has 5 nitrogen and oxygen atoms in total. The largest absolute Gasteiger partial charge is 0.497 e. The SMILES string of the molecule is CCOP(=O)(CCc1cc(Cl)c(C(=O)OC)c(Cl)c1)c1cccc(OC)c1. The second-order valence-corrected chi connectivity index (χ2v) is 9.08. The Balaban J connectivity index is 2.28. The molecule has 0 amide bonds. The molecule has 146 valence electrons. The molecule has 2 aromatic rings. The normalized spacial score (nSPS) is 13.1. The molecular weight excluding hydrogens is 410 g/mol. The molecule has 0 aliphatic rings. The van der Waals surface area contributed by atoms with E-state index in [1.807, 2.05) is 0 Å². The number of halogens is 2. The Hall–Kier alpha value is -1.52. The van der Waals surface area contributed by atoms with Crippen molar-refractivity contribution >= 4 is 41.8 Å². The summed E-state index contributed by atoms with van der Waals surface area (Å²) in [6, 6.07) is 10.3. The molecule has 0 heterocycles. The summed E-state index contributed by atoms with van der Waals surface area (Å²) < 4.78 is 29.0. The molecule has 1 unspecified atom stereocenters.